The van der Waals surface area contributed by atoms with Crippen LogP contribution in [0.25, 0.3) is 0 Å². The third kappa shape index (κ3) is 4.19. The van der Waals surface area contributed by atoms with Crippen LogP contribution < -0.4 is 15.5 Å². The van der Waals surface area contributed by atoms with Gasteiger partial charge in [0.1, 0.15) is 5.82 Å². The first kappa shape index (κ1) is 17.8. The van der Waals surface area contributed by atoms with Crippen molar-refractivity contribution < 1.29 is 4.74 Å². The van der Waals surface area contributed by atoms with Crippen LogP contribution in [0.2, 0.25) is 0 Å². The minimum atomic E-state index is 0.462. The van der Waals surface area contributed by atoms with E-state index in [1.54, 1.807) is 18.3 Å². The number of nitrogens with zero attached hydrogens (tertiary/aromatic N) is 4. The Labute approximate surface area is 163 Å². The van der Waals surface area contributed by atoms with E-state index in [-0.39, 0.29) is 0 Å². The van der Waals surface area contributed by atoms with Gasteiger partial charge >= 0.3 is 0 Å². The van der Waals surface area contributed by atoms with Crippen LogP contribution in [-0.4, -0.2) is 36.3 Å². The Morgan fingerprint density at radius 1 is 1.00 bits per heavy atom. The molecule has 0 aliphatic carbocycles. The number of hydrogen-bond donors (Lipinski definition) is 2. The first-order valence-corrected chi connectivity index (χ1v) is 9.11. The molecule has 1 aromatic heterocycles. The molecule has 7 heteroatoms. The summed E-state index contributed by atoms with van der Waals surface area (Å²) in [6, 6.07) is 19.3. The van der Waals surface area contributed by atoms with Crippen molar-refractivity contribution in [1.82, 2.24) is 9.97 Å². The minimum Gasteiger partial charge on any atom is -0.378 e. The Hall–Kier alpha value is -3.63. The number of nitrogens with one attached hydrogen (secondary N) is 2. The quantitative estimate of drug-likeness (QED) is 0.706. The van der Waals surface area contributed by atoms with E-state index in [2.05, 4.69) is 37.6 Å². The first-order valence-electron chi connectivity index (χ1n) is 9.11. The maximum atomic E-state index is 9.04. The third-order valence-corrected chi connectivity index (χ3v) is 4.42. The largest absolute Gasteiger partial charge is 0.378 e. The van der Waals surface area contributed by atoms with Crippen LogP contribution in [-0.2, 0) is 4.74 Å². The topological polar surface area (TPSA) is 86.1 Å². The van der Waals surface area contributed by atoms with E-state index in [0.29, 0.717) is 17.3 Å². The molecule has 1 aliphatic rings. The van der Waals surface area contributed by atoms with Gasteiger partial charge in [-0.05, 0) is 36.4 Å². The van der Waals surface area contributed by atoms with Gasteiger partial charge in [-0.15, -0.1) is 0 Å². The predicted molar refractivity (Wildman–Crippen MR) is 109 cm³/mol. The molecule has 140 valence electrons. The van der Waals surface area contributed by atoms with Crippen molar-refractivity contribution in [2.45, 2.75) is 0 Å². The second-order valence-corrected chi connectivity index (χ2v) is 6.32. The average Bonchev–Trinajstić information content (AvgIpc) is 2.75. The highest BCUT2D eigenvalue weighted by Gasteiger charge is 2.14. The molecule has 7 nitrogen and oxygen atoms in total. The number of benzene rings is 2. The van der Waals surface area contributed by atoms with Crippen molar-refractivity contribution in [3.8, 4) is 6.07 Å². The maximum absolute atomic E-state index is 9.04. The van der Waals surface area contributed by atoms with Gasteiger partial charge < -0.3 is 20.3 Å². The molecule has 4 rings (SSSR count). The van der Waals surface area contributed by atoms with Gasteiger partial charge in [-0.2, -0.15) is 10.2 Å². The van der Waals surface area contributed by atoms with Crippen LogP contribution in [0.1, 0.15) is 5.56 Å². The van der Waals surface area contributed by atoms with Crippen LogP contribution in [0.15, 0.2) is 60.8 Å². The second kappa shape index (κ2) is 8.37. The number of morpholine rings is 1. The zero-order valence-corrected chi connectivity index (χ0v) is 15.3. The first-order chi connectivity index (χ1) is 13.8. The molecule has 28 heavy (non-hydrogen) atoms. The van der Waals surface area contributed by atoms with Crippen LogP contribution >= 0.6 is 0 Å². The van der Waals surface area contributed by atoms with Crippen molar-refractivity contribution in [3.05, 3.63) is 66.4 Å². The number of aromatic nitrogens is 2. The summed E-state index contributed by atoms with van der Waals surface area (Å²) >= 11 is 0. The molecule has 0 bridgehead atoms. The molecular formula is C21H20N6O. The number of ether oxygens (including phenoxy) is 1. The fourth-order valence-electron chi connectivity index (χ4n) is 3.08. The summed E-state index contributed by atoms with van der Waals surface area (Å²) in [5.74, 6) is 1.15. The summed E-state index contributed by atoms with van der Waals surface area (Å²) < 4.78 is 5.46. The molecule has 1 aliphatic heterocycles. The molecular weight excluding hydrogens is 352 g/mol. The van der Waals surface area contributed by atoms with Gasteiger partial charge in [0.2, 0.25) is 5.95 Å². The van der Waals surface area contributed by atoms with Gasteiger partial charge in [0.05, 0.1) is 36.2 Å². The zero-order chi connectivity index (χ0) is 19.2. The van der Waals surface area contributed by atoms with E-state index in [4.69, 9.17) is 10.00 Å². The summed E-state index contributed by atoms with van der Waals surface area (Å²) in [5, 5.41) is 15.6. The highest BCUT2D eigenvalue weighted by atomic mass is 16.5. The molecule has 1 saturated heterocycles. The van der Waals surface area contributed by atoms with Crippen LogP contribution in [0.3, 0.4) is 0 Å². The number of anilines is 5. The summed E-state index contributed by atoms with van der Waals surface area (Å²) in [7, 11) is 0. The lowest BCUT2D eigenvalue weighted by Crippen LogP contribution is -2.36. The Morgan fingerprint density at radius 2 is 1.86 bits per heavy atom. The van der Waals surface area contributed by atoms with E-state index in [9.17, 15) is 0 Å². The average molecular weight is 372 g/mol. The van der Waals surface area contributed by atoms with Crippen molar-refractivity contribution in [2.24, 2.45) is 0 Å². The Kier molecular flexibility index (Phi) is 5.31. The number of para-hydroxylation sites is 2. The van der Waals surface area contributed by atoms with E-state index >= 15 is 0 Å². The fraction of sp³-hybridized carbons (Fsp3) is 0.190. The molecule has 0 radical (unpaired) electrons. The number of nitriles is 1. The van der Waals surface area contributed by atoms with Crippen molar-refractivity contribution >= 4 is 28.8 Å². The van der Waals surface area contributed by atoms with Crippen LogP contribution in [0, 0.1) is 11.3 Å². The third-order valence-electron chi connectivity index (χ3n) is 4.42. The molecule has 0 amide bonds. The fourth-order valence-corrected chi connectivity index (χ4v) is 3.08. The summed E-state index contributed by atoms with van der Waals surface area (Å²) in [6.07, 6.45) is 1.70. The van der Waals surface area contributed by atoms with E-state index in [1.807, 2.05) is 36.4 Å². The summed E-state index contributed by atoms with van der Waals surface area (Å²) in [6.45, 7) is 3.20. The molecule has 0 spiro atoms. The molecule has 2 heterocycles. The van der Waals surface area contributed by atoms with E-state index in [1.165, 1.54) is 0 Å². The molecule has 3 aromatic rings. The van der Waals surface area contributed by atoms with Crippen LogP contribution in [0.4, 0.5) is 28.8 Å². The van der Waals surface area contributed by atoms with E-state index < -0.39 is 0 Å². The number of hydrogen-bond acceptors (Lipinski definition) is 7. The summed E-state index contributed by atoms with van der Waals surface area (Å²) in [4.78, 5) is 11.1. The highest BCUT2D eigenvalue weighted by molar-refractivity contribution is 5.74. The maximum Gasteiger partial charge on any atom is 0.229 e. The van der Waals surface area contributed by atoms with Gasteiger partial charge in [0.15, 0.2) is 0 Å². The van der Waals surface area contributed by atoms with Gasteiger partial charge in [0.25, 0.3) is 0 Å². The van der Waals surface area contributed by atoms with Gasteiger partial charge in [-0.25, -0.2) is 4.98 Å². The highest BCUT2D eigenvalue weighted by Crippen LogP contribution is 2.29. The molecule has 1 fully saturated rings. The lowest BCUT2D eigenvalue weighted by atomic mass is 10.2. The second-order valence-electron chi connectivity index (χ2n) is 6.32. The smallest absolute Gasteiger partial charge is 0.229 e. The SMILES string of the molecule is N#Cc1cccc(Nc2nccc(Nc3ccccc3N3CCOCC3)n2)c1. The molecule has 2 N–H and O–H groups in total. The molecule has 2 aromatic carbocycles. The lowest BCUT2D eigenvalue weighted by molar-refractivity contribution is 0.123. The standard InChI is InChI=1S/C21H20N6O/c22-15-16-4-3-5-17(14-16)24-21-23-9-8-20(26-21)25-18-6-1-2-7-19(18)27-10-12-28-13-11-27/h1-9,14H,10-13H2,(H2,23,24,25,26). The zero-order valence-electron chi connectivity index (χ0n) is 15.3. The van der Waals surface area contributed by atoms with Crippen molar-refractivity contribution in [3.63, 3.8) is 0 Å². The lowest BCUT2D eigenvalue weighted by Gasteiger charge is -2.30. The normalized spacial score (nSPS) is 13.6. The Morgan fingerprint density at radius 3 is 2.71 bits per heavy atom. The molecule has 0 saturated carbocycles. The van der Waals surface area contributed by atoms with E-state index in [0.717, 1.165) is 43.4 Å². The predicted octanol–water partition coefficient (Wildman–Crippen LogP) is 3.67. The van der Waals surface area contributed by atoms with Gasteiger partial charge in [-0.3, -0.25) is 0 Å². The monoisotopic (exact) mass is 372 g/mol. The number of rotatable bonds is 5. The van der Waals surface area contributed by atoms with Gasteiger partial charge in [0, 0.05) is 25.0 Å². The minimum absolute atomic E-state index is 0.462. The molecule has 0 atom stereocenters. The van der Waals surface area contributed by atoms with Crippen molar-refractivity contribution in [2.75, 3.05) is 41.8 Å². The molecule has 0 unspecified atom stereocenters. The van der Waals surface area contributed by atoms with Crippen molar-refractivity contribution in [1.29, 1.82) is 5.26 Å². The Balaban J connectivity index is 1.53. The van der Waals surface area contributed by atoms with Crippen LogP contribution in [0.5, 0.6) is 0 Å². The summed E-state index contributed by atoms with van der Waals surface area (Å²) in [5.41, 5.74) is 3.46. The Bertz CT molecular complexity index is 994. The van der Waals surface area contributed by atoms with Gasteiger partial charge in [-0.1, -0.05) is 18.2 Å².